The predicted octanol–water partition coefficient (Wildman–Crippen LogP) is 0.639. The highest BCUT2D eigenvalue weighted by Gasteiger charge is 1.99. The van der Waals surface area contributed by atoms with E-state index in [9.17, 15) is 4.39 Å². The quantitative estimate of drug-likeness (QED) is 0.823. The highest BCUT2D eigenvalue weighted by atomic mass is 19.1. The van der Waals surface area contributed by atoms with Gasteiger partial charge in [0.2, 0.25) is 0 Å². The van der Waals surface area contributed by atoms with Crippen LogP contribution in [0.5, 0.6) is 0 Å². The van der Waals surface area contributed by atoms with Gasteiger partial charge in [0.05, 0.1) is 12.7 Å². The molecule has 2 aromatic rings. The zero-order valence-electron chi connectivity index (χ0n) is 8.89. The molecule has 0 amide bonds. The fraction of sp³-hybridized carbons (Fsp3) is 0.300. The van der Waals surface area contributed by atoms with Gasteiger partial charge in [-0.3, -0.25) is 9.67 Å². The summed E-state index contributed by atoms with van der Waals surface area (Å²) in [5.41, 5.74) is 0.802. The van der Waals surface area contributed by atoms with Crippen LogP contribution < -0.4 is 5.32 Å². The number of aromatic nitrogens is 4. The summed E-state index contributed by atoms with van der Waals surface area (Å²) in [5.74, 6) is 0.391. The largest absolute Gasteiger partial charge is 0.306 e. The summed E-state index contributed by atoms with van der Waals surface area (Å²) in [6, 6.07) is 1.45. The van der Waals surface area contributed by atoms with Crippen molar-refractivity contribution < 1.29 is 4.39 Å². The second-order valence-corrected chi connectivity index (χ2v) is 3.45. The van der Waals surface area contributed by atoms with Crippen molar-refractivity contribution in [3.63, 3.8) is 0 Å². The summed E-state index contributed by atoms with van der Waals surface area (Å²) in [4.78, 5) is 7.83. The van der Waals surface area contributed by atoms with Gasteiger partial charge >= 0.3 is 0 Å². The van der Waals surface area contributed by atoms with Crippen LogP contribution in [0.15, 0.2) is 24.8 Å². The van der Waals surface area contributed by atoms with Crippen LogP contribution in [-0.2, 0) is 20.1 Å². The van der Waals surface area contributed by atoms with E-state index >= 15 is 0 Å². The van der Waals surface area contributed by atoms with E-state index in [4.69, 9.17) is 0 Å². The van der Waals surface area contributed by atoms with Crippen LogP contribution in [0.2, 0.25) is 0 Å². The molecule has 0 atom stereocenters. The van der Waals surface area contributed by atoms with E-state index in [-0.39, 0.29) is 5.82 Å². The Labute approximate surface area is 92.3 Å². The topological polar surface area (TPSA) is 55.6 Å². The average molecular weight is 221 g/mol. The van der Waals surface area contributed by atoms with Crippen molar-refractivity contribution in [3.05, 3.63) is 42.0 Å². The van der Waals surface area contributed by atoms with Gasteiger partial charge in [0.1, 0.15) is 12.1 Å². The van der Waals surface area contributed by atoms with Crippen LogP contribution in [0.25, 0.3) is 0 Å². The maximum absolute atomic E-state index is 12.8. The van der Waals surface area contributed by atoms with Crippen LogP contribution in [0.4, 0.5) is 4.39 Å². The van der Waals surface area contributed by atoms with Gasteiger partial charge in [-0.05, 0) is 11.6 Å². The van der Waals surface area contributed by atoms with Crippen LogP contribution in [-0.4, -0.2) is 19.7 Å². The van der Waals surface area contributed by atoms with Crippen molar-refractivity contribution in [2.75, 3.05) is 0 Å². The van der Waals surface area contributed by atoms with Gasteiger partial charge in [-0.15, -0.1) is 0 Å². The van der Waals surface area contributed by atoms with Crippen molar-refractivity contribution >= 4 is 0 Å². The number of rotatable bonds is 4. The molecule has 0 saturated heterocycles. The second-order valence-electron chi connectivity index (χ2n) is 3.45. The third-order valence-electron chi connectivity index (χ3n) is 2.02. The monoisotopic (exact) mass is 221 g/mol. The smallest absolute Gasteiger partial charge is 0.164 e. The van der Waals surface area contributed by atoms with E-state index in [2.05, 4.69) is 20.4 Å². The van der Waals surface area contributed by atoms with E-state index in [1.165, 1.54) is 12.3 Å². The second kappa shape index (κ2) is 4.80. The molecule has 0 unspecified atom stereocenters. The highest BCUT2D eigenvalue weighted by Crippen LogP contribution is 2.00. The van der Waals surface area contributed by atoms with E-state index in [0.717, 1.165) is 5.56 Å². The lowest BCUT2D eigenvalue weighted by molar-refractivity contribution is 0.609. The van der Waals surface area contributed by atoms with Gasteiger partial charge < -0.3 is 5.32 Å². The molecule has 2 rings (SSSR count). The summed E-state index contributed by atoms with van der Waals surface area (Å²) in [6.45, 7) is 1.10. The first-order valence-electron chi connectivity index (χ1n) is 4.89. The molecule has 0 aliphatic heterocycles. The summed E-state index contributed by atoms with van der Waals surface area (Å²) in [7, 11) is 1.81. The fourth-order valence-electron chi connectivity index (χ4n) is 1.34. The molecule has 0 aliphatic carbocycles. The first-order valence-corrected chi connectivity index (χ1v) is 4.89. The molecule has 16 heavy (non-hydrogen) atoms. The van der Waals surface area contributed by atoms with Gasteiger partial charge in [-0.25, -0.2) is 9.37 Å². The lowest BCUT2D eigenvalue weighted by Gasteiger charge is -2.01. The molecule has 0 bridgehead atoms. The zero-order valence-corrected chi connectivity index (χ0v) is 8.89. The van der Waals surface area contributed by atoms with Gasteiger partial charge in [0, 0.05) is 19.8 Å². The van der Waals surface area contributed by atoms with Gasteiger partial charge in [0.15, 0.2) is 5.82 Å². The van der Waals surface area contributed by atoms with Gasteiger partial charge in [-0.1, -0.05) is 0 Å². The first kappa shape index (κ1) is 10.7. The molecule has 6 heteroatoms. The summed E-state index contributed by atoms with van der Waals surface area (Å²) < 4.78 is 14.4. The van der Waals surface area contributed by atoms with Crippen LogP contribution in [0.3, 0.4) is 0 Å². The Bertz CT molecular complexity index is 468. The first-order chi connectivity index (χ1) is 7.74. The van der Waals surface area contributed by atoms with Crippen LogP contribution in [0.1, 0.15) is 11.4 Å². The number of pyridine rings is 1. The van der Waals surface area contributed by atoms with Crippen molar-refractivity contribution in [2.45, 2.75) is 13.1 Å². The van der Waals surface area contributed by atoms with E-state index in [1.54, 1.807) is 17.2 Å². The molecule has 0 spiro atoms. The van der Waals surface area contributed by atoms with Crippen molar-refractivity contribution in [1.82, 2.24) is 25.1 Å². The van der Waals surface area contributed by atoms with Gasteiger partial charge in [-0.2, -0.15) is 5.10 Å². The van der Waals surface area contributed by atoms with Crippen molar-refractivity contribution in [2.24, 2.45) is 7.05 Å². The Kier molecular flexibility index (Phi) is 3.21. The maximum atomic E-state index is 12.8. The number of nitrogens with one attached hydrogen (secondary N) is 1. The average Bonchev–Trinajstić information content (AvgIpc) is 2.64. The van der Waals surface area contributed by atoms with Crippen LogP contribution in [0, 0.1) is 5.82 Å². The predicted molar refractivity (Wildman–Crippen MR) is 55.7 cm³/mol. The lowest BCUT2D eigenvalue weighted by Crippen LogP contribution is -2.14. The standard InChI is InChI=1S/C10H12FN5/c1-16-7-14-10(15-16)6-13-4-8-2-9(11)5-12-3-8/h2-3,5,7,13H,4,6H2,1H3. The van der Waals surface area contributed by atoms with E-state index < -0.39 is 0 Å². The molecule has 84 valence electrons. The molecule has 1 N–H and O–H groups in total. The number of aryl methyl sites for hydroxylation is 1. The Morgan fingerprint density at radius 1 is 1.38 bits per heavy atom. The van der Waals surface area contributed by atoms with Crippen molar-refractivity contribution in [1.29, 1.82) is 0 Å². The highest BCUT2D eigenvalue weighted by molar-refractivity contribution is 5.09. The van der Waals surface area contributed by atoms with E-state index in [0.29, 0.717) is 18.9 Å². The Morgan fingerprint density at radius 2 is 2.25 bits per heavy atom. The minimum atomic E-state index is -0.324. The molecular formula is C10H12FN5. The minimum absolute atomic E-state index is 0.324. The summed E-state index contributed by atoms with van der Waals surface area (Å²) in [5, 5.41) is 7.23. The molecule has 2 heterocycles. The van der Waals surface area contributed by atoms with Gasteiger partial charge in [0.25, 0.3) is 0 Å². The Hall–Kier alpha value is -1.82. The maximum Gasteiger partial charge on any atom is 0.164 e. The van der Waals surface area contributed by atoms with E-state index in [1.807, 2.05) is 7.05 Å². The normalized spacial score (nSPS) is 10.6. The molecule has 0 aliphatic rings. The molecule has 5 nitrogen and oxygen atoms in total. The summed E-state index contributed by atoms with van der Waals surface area (Å²) in [6.07, 6.45) is 4.45. The van der Waals surface area contributed by atoms with Crippen LogP contribution >= 0.6 is 0 Å². The third-order valence-corrected chi connectivity index (χ3v) is 2.02. The lowest BCUT2D eigenvalue weighted by atomic mass is 10.3. The molecule has 0 radical (unpaired) electrons. The molecule has 0 aromatic carbocycles. The Morgan fingerprint density at radius 3 is 2.94 bits per heavy atom. The fourth-order valence-corrected chi connectivity index (χ4v) is 1.34. The molecule has 2 aromatic heterocycles. The third kappa shape index (κ3) is 2.83. The number of halogens is 1. The summed E-state index contributed by atoms with van der Waals surface area (Å²) >= 11 is 0. The number of nitrogens with zero attached hydrogens (tertiary/aromatic N) is 4. The zero-order chi connectivity index (χ0) is 11.4. The molecule has 0 saturated carbocycles. The number of hydrogen-bond acceptors (Lipinski definition) is 4. The number of hydrogen-bond donors (Lipinski definition) is 1. The minimum Gasteiger partial charge on any atom is -0.306 e. The SMILES string of the molecule is Cn1cnc(CNCc2cncc(F)c2)n1. The van der Waals surface area contributed by atoms with Crippen molar-refractivity contribution in [3.8, 4) is 0 Å². The Balaban J connectivity index is 1.84. The molecular weight excluding hydrogens is 209 g/mol. The molecule has 0 fully saturated rings.